The van der Waals surface area contributed by atoms with Crippen LogP contribution in [0.15, 0.2) is 0 Å². The van der Waals surface area contributed by atoms with Crippen LogP contribution in [0.25, 0.3) is 0 Å². The lowest BCUT2D eigenvalue weighted by Gasteiger charge is -2.31. The van der Waals surface area contributed by atoms with Crippen molar-refractivity contribution in [3.8, 4) is 0 Å². The first-order valence-electron chi connectivity index (χ1n) is 7.26. The van der Waals surface area contributed by atoms with Crippen molar-refractivity contribution in [1.29, 1.82) is 0 Å². The Kier molecular flexibility index (Phi) is 7.58. The molecule has 1 atom stereocenters. The summed E-state index contributed by atoms with van der Waals surface area (Å²) in [6.07, 6.45) is 1.46. The van der Waals surface area contributed by atoms with Crippen LogP contribution < -0.4 is 5.32 Å². The van der Waals surface area contributed by atoms with E-state index < -0.39 is 10.0 Å². The molecule has 1 heterocycles. The second kappa shape index (κ2) is 8.67. The molecule has 7 nitrogen and oxygen atoms in total. The second-order valence-corrected chi connectivity index (χ2v) is 7.69. The molecule has 1 amide bonds. The Balaban J connectivity index is 2.49. The van der Waals surface area contributed by atoms with E-state index in [9.17, 15) is 13.2 Å². The van der Waals surface area contributed by atoms with Crippen LogP contribution in [0, 0.1) is 5.92 Å². The maximum absolute atomic E-state index is 12.1. The molecule has 1 N–H and O–H groups in total. The molecule has 0 radical (unpaired) electrons. The molecule has 124 valence electrons. The van der Waals surface area contributed by atoms with Gasteiger partial charge in [-0.15, -0.1) is 0 Å². The van der Waals surface area contributed by atoms with E-state index >= 15 is 0 Å². The van der Waals surface area contributed by atoms with Crippen molar-refractivity contribution < 1.29 is 17.9 Å². The second-order valence-electron chi connectivity index (χ2n) is 5.60. The Morgan fingerprint density at radius 1 is 1.43 bits per heavy atom. The number of ether oxygens (including phenoxy) is 1. The standard InChI is InChI=1S/C13H27N3O4S/c1-15(2)8-6-14-13(17)12-5-4-7-16(11-12)21(18,19)10-9-20-3/h12H,4-11H2,1-3H3,(H,14,17). The molecule has 0 spiro atoms. The third-order valence-corrected chi connectivity index (χ3v) is 5.35. The number of hydrogen-bond acceptors (Lipinski definition) is 5. The fourth-order valence-corrected chi connectivity index (χ4v) is 3.72. The number of carbonyl (C=O) groups is 1. The number of carbonyl (C=O) groups excluding carboxylic acids is 1. The summed E-state index contributed by atoms with van der Waals surface area (Å²) < 4.78 is 30.5. The molecule has 1 unspecified atom stereocenters. The van der Waals surface area contributed by atoms with E-state index in [4.69, 9.17) is 4.74 Å². The maximum Gasteiger partial charge on any atom is 0.224 e. The minimum Gasteiger partial charge on any atom is -0.384 e. The summed E-state index contributed by atoms with van der Waals surface area (Å²) in [4.78, 5) is 14.1. The van der Waals surface area contributed by atoms with Crippen LogP contribution >= 0.6 is 0 Å². The predicted octanol–water partition coefficient (Wildman–Crippen LogP) is -0.648. The minimum absolute atomic E-state index is 0.0293. The lowest BCUT2D eigenvalue weighted by atomic mass is 9.99. The van der Waals surface area contributed by atoms with E-state index in [0.717, 1.165) is 19.4 Å². The fourth-order valence-electron chi connectivity index (χ4n) is 2.27. The number of piperidine rings is 1. The molecule has 1 saturated heterocycles. The summed E-state index contributed by atoms with van der Waals surface area (Å²) in [6, 6.07) is 0. The lowest BCUT2D eigenvalue weighted by molar-refractivity contribution is -0.126. The van der Waals surface area contributed by atoms with Gasteiger partial charge >= 0.3 is 0 Å². The van der Waals surface area contributed by atoms with Crippen LogP contribution in [0.2, 0.25) is 0 Å². The Hall–Kier alpha value is -0.700. The van der Waals surface area contributed by atoms with Gasteiger partial charge in [0.2, 0.25) is 15.9 Å². The van der Waals surface area contributed by atoms with Crippen molar-refractivity contribution in [2.45, 2.75) is 12.8 Å². The van der Waals surface area contributed by atoms with E-state index in [0.29, 0.717) is 13.1 Å². The third-order valence-electron chi connectivity index (χ3n) is 3.55. The number of likely N-dealkylation sites (N-methyl/N-ethyl adjacent to an activating group) is 1. The summed E-state index contributed by atoms with van der Waals surface area (Å²) in [5.74, 6) is -0.333. The molecule has 21 heavy (non-hydrogen) atoms. The van der Waals surface area contributed by atoms with Crippen molar-refractivity contribution in [1.82, 2.24) is 14.5 Å². The first kappa shape index (κ1) is 18.3. The van der Waals surface area contributed by atoms with Crippen molar-refractivity contribution in [3.05, 3.63) is 0 Å². The number of nitrogens with one attached hydrogen (secondary N) is 1. The molecule has 0 aromatic rings. The molecule has 1 aliphatic rings. The van der Waals surface area contributed by atoms with Crippen molar-refractivity contribution in [2.24, 2.45) is 5.92 Å². The fraction of sp³-hybridized carbons (Fsp3) is 0.923. The van der Waals surface area contributed by atoms with Gasteiger partial charge in [-0.05, 0) is 26.9 Å². The van der Waals surface area contributed by atoms with Crippen LogP contribution in [0.1, 0.15) is 12.8 Å². The Morgan fingerprint density at radius 3 is 2.76 bits per heavy atom. The van der Waals surface area contributed by atoms with E-state index in [1.54, 1.807) is 0 Å². The average molecular weight is 321 g/mol. The van der Waals surface area contributed by atoms with Gasteiger partial charge in [-0.2, -0.15) is 0 Å². The molecule has 8 heteroatoms. The molecule has 1 aliphatic heterocycles. The number of sulfonamides is 1. The predicted molar refractivity (Wildman–Crippen MR) is 81.5 cm³/mol. The third kappa shape index (κ3) is 6.29. The maximum atomic E-state index is 12.1. The van der Waals surface area contributed by atoms with Gasteiger partial charge < -0.3 is 15.0 Å². The number of hydrogen-bond donors (Lipinski definition) is 1. The zero-order chi connectivity index (χ0) is 15.9. The SMILES string of the molecule is COCCS(=O)(=O)N1CCCC(C(=O)NCCN(C)C)C1. The molecular formula is C13H27N3O4S. The monoisotopic (exact) mass is 321 g/mol. The highest BCUT2D eigenvalue weighted by Crippen LogP contribution is 2.19. The number of nitrogens with zero attached hydrogens (tertiary/aromatic N) is 2. The highest BCUT2D eigenvalue weighted by molar-refractivity contribution is 7.89. The van der Waals surface area contributed by atoms with Crippen LogP contribution in [0.5, 0.6) is 0 Å². The van der Waals surface area contributed by atoms with Gasteiger partial charge in [0, 0.05) is 33.3 Å². The molecule has 0 bridgehead atoms. The molecule has 1 rings (SSSR count). The number of amides is 1. The zero-order valence-electron chi connectivity index (χ0n) is 13.2. The first-order valence-corrected chi connectivity index (χ1v) is 8.87. The highest BCUT2D eigenvalue weighted by atomic mass is 32.2. The summed E-state index contributed by atoms with van der Waals surface area (Å²) in [5.41, 5.74) is 0. The number of rotatable bonds is 8. The van der Waals surface area contributed by atoms with Crippen molar-refractivity contribution in [3.63, 3.8) is 0 Å². The number of methoxy groups -OCH3 is 1. The van der Waals surface area contributed by atoms with Crippen molar-refractivity contribution >= 4 is 15.9 Å². The molecule has 0 aromatic heterocycles. The van der Waals surface area contributed by atoms with Crippen LogP contribution in [-0.4, -0.2) is 83.3 Å². The highest BCUT2D eigenvalue weighted by Gasteiger charge is 2.31. The van der Waals surface area contributed by atoms with Gasteiger partial charge in [-0.25, -0.2) is 12.7 Å². The van der Waals surface area contributed by atoms with Gasteiger partial charge in [0.15, 0.2) is 0 Å². The first-order chi connectivity index (χ1) is 9.86. The van der Waals surface area contributed by atoms with Gasteiger partial charge in [-0.3, -0.25) is 4.79 Å². The molecule has 1 fully saturated rings. The van der Waals surface area contributed by atoms with E-state index in [-0.39, 0.29) is 30.7 Å². The molecule has 0 saturated carbocycles. The van der Waals surface area contributed by atoms with Crippen LogP contribution in [0.3, 0.4) is 0 Å². The zero-order valence-corrected chi connectivity index (χ0v) is 14.0. The lowest BCUT2D eigenvalue weighted by Crippen LogP contribution is -2.47. The summed E-state index contributed by atoms with van der Waals surface area (Å²) in [5, 5.41) is 2.87. The molecular weight excluding hydrogens is 294 g/mol. The minimum atomic E-state index is -3.33. The Labute approximate surface area is 127 Å². The van der Waals surface area contributed by atoms with Gasteiger partial charge in [0.1, 0.15) is 0 Å². The smallest absolute Gasteiger partial charge is 0.224 e. The van der Waals surface area contributed by atoms with Gasteiger partial charge in [0.05, 0.1) is 18.3 Å². The van der Waals surface area contributed by atoms with E-state index in [2.05, 4.69) is 5.32 Å². The van der Waals surface area contributed by atoms with E-state index in [1.807, 2.05) is 19.0 Å². The van der Waals surface area contributed by atoms with Crippen molar-refractivity contribution in [2.75, 3.05) is 59.7 Å². The molecule has 0 aromatic carbocycles. The summed E-state index contributed by atoms with van der Waals surface area (Å²) in [7, 11) is 2.04. The Bertz CT molecular complexity index is 425. The van der Waals surface area contributed by atoms with E-state index in [1.165, 1.54) is 11.4 Å². The van der Waals surface area contributed by atoms with Gasteiger partial charge in [-0.1, -0.05) is 0 Å². The normalized spacial score (nSPS) is 20.7. The topological polar surface area (TPSA) is 79.0 Å². The largest absolute Gasteiger partial charge is 0.384 e. The summed E-state index contributed by atoms with van der Waals surface area (Å²) >= 11 is 0. The quantitative estimate of drug-likeness (QED) is 0.643. The summed E-state index contributed by atoms with van der Waals surface area (Å²) in [6.45, 7) is 2.30. The van der Waals surface area contributed by atoms with Crippen LogP contribution in [0.4, 0.5) is 0 Å². The Morgan fingerprint density at radius 2 is 2.14 bits per heavy atom. The average Bonchev–Trinajstić information content (AvgIpc) is 2.45. The molecule has 0 aliphatic carbocycles. The van der Waals surface area contributed by atoms with Crippen LogP contribution in [-0.2, 0) is 19.6 Å². The van der Waals surface area contributed by atoms with Gasteiger partial charge in [0.25, 0.3) is 0 Å².